The largest absolute Gasteiger partial charge is 0.395 e. The standard InChI is InChI=1S/C25H40NO7/c1-6-26-11-22(12-27)8-7-16(31-3)24-14-9-13-15(30-2)10-23(28,17(14)18(13)32-4)25(29,21(24)26)20(33-5)19(22)24/h11,13-21,27-29H,6-10,12H2,1-5H3/q+1/t13-,14-,15+,16+,17-,18+,19-,20+,21+,22+,23-,24+,25+/m1/s1. The molecule has 6 rings (SSSR count). The average molecular weight is 467 g/mol. The first kappa shape index (κ1) is 22.8. The van der Waals surface area contributed by atoms with Gasteiger partial charge in [0.15, 0.2) is 11.6 Å². The fourth-order valence-electron chi connectivity index (χ4n) is 10.7. The SMILES string of the molecule is CC[N+]1=C[C@]2(CO)CC[C@H](OC)[C@@]34[C@@H]5C[C@H]6[C@H](OC)[C@@H]5[C@](O)(C[C@@H]6OC)[C@](O)([C@@H](OC)[C@H]23)[C@@H]14. The molecule has 8 heteroatoms. The van der Waals surface area contributed by atoms with E-state index in [1.807, 2.05) is 0 Å². The van der Waals surface area contributed by atoms with E-state index in [-0.39, 0.29) is 54.6 Å². The highest BCUT2D eigenvalue weighted by Crippen LogP contribution is 2.79. The van der Waals surface area contributed by atoms with Crippen molar-refractivity contribution in [3.8, 4) is 0 Å². The van der Waals surface area contributed by atoms with Gasteiger partial charge in [0.2, 0.25) is 0 Å². The van der Waals surface area contributed by atoms with Crippen LogP contribution < -0.4 is 0 Å². The van der Waals surface area contributed by atoms with Crippen LogP contribution in [0.4, 0.5) is 0 Å². The molecule has 1 aliphatic heterocycles. The Kier molecular flexibility index (Phi) is 4.84. The molecule has 1 spiro atoms. The molecular weight excluding hydrogens is 426 g/mol. The third kappa shape index (κ3) is 2.11. The van der Waals surface area contributed by atoms with Crippen LogP contribution in [0.15, 0.2) is 0 Å². The van der Waals surface area contributed by atoms with Crippen molar-refractivity contribution < 1.29 is 38.8 Å². The van der Waals surface area contributed by atoms with Crippen LogP contribution in [-0.4, -0.2) is 109 Å². The molecule has 0 aromatic heterocycles. The molecule has 0 aromatic rings. The third-order valence-corrected chi connectivity index (χ3v) is 11.4. The minimum atomic E-state index is -1.55. The van der Waals surface area contributed by atoms with E-state index in [1.54, 1.807) is 28.4 Å². The van der Waals surface area contributed by atoms with E-state index in [0.717, 1.165) is 19.3 Å². The molecule has 0 saturated heterocycles. The summed E-state index contributed by atoms with van der Waals surface area (Å²) in [5, 5.41) is 36.5. The molecule has 0 radical (unpaired) electrons. The average Bonchev–Trinajstić information content (AvgIpc) is 3.24. The van der Waals surface area contributed by atoms with Crippen LogP contribution >= 0.6 is 0 Å². The molecule has 5 aliphatic carbocycles. The van der Waals surface area contributed by atoms with E-state index in [2.05, 4.69) is 17.7 Å². The molecule has 8 nitrogen and oxygen atoms in total. The zero-order chi connectivity index (χ0) is 23.6. The second-order valence-corrected chi connectivity index (χ2v) is 11.6. The smallest absolute Gasteiger partial charge is 0.195 e. The number of rotatable bonds is 6. The predicted molar refractivity (Wildman–Crippen MR) is 118 cm³/mol. The molecule has 0 unspecified atom stereocenters. The van der Waals surface area contributed by atoms with Gasteiger partial charge in [-0.3, -0.25) is 0 Å². The molecule has 3 N–H and O–H groups in total. The molecular formula is C25H40NO7+. The Morgan fingerprint density at radius 3 is 2.39 bits per heavy atom. The van der Waals surface area contributed by atoms with Crippen molar-refractivity contribution in [3.63, 3.8) is 0 Å². The second-order valence-electron chi connectivity index (χ2n) is 11.6. The fourth-order valence-corrected chi connectivity index (χ4v) is 10.7. The van der Waals surface area contributed by atoms with E-state index < -0.39 is 28.1 Å². The van der Waals surface area contributed by atoms with E-state index >= 15 is 0 Å². The van der Waals surface area contributed by atoms with Gasteiger partial charge in [-0.15, -0.1) is 0 Å². The lowest BCUT2D eigenvalue weighted by Crippen LogP contribution is -2.80. The Morgan fingerprint density at radius 2 is 1.82 bits per heavy atom. The van der Waals surface area contributed by atoms with Crippen LogP contribution in [0.3, 0.4) is 0 Å². The van der Waals surface area contributed by atoms with Crippen molar-refractivity contribution in [2.75, 3.05) is 41.6 Å². The maximum Gasteiger partial charge on any atom is 0.195 e. The maximum atomic E-state index is 13.0. The number of ether oxygens (including phenoxy) is 4. The molecule has 186 valence electrons. The normalized spacial score (nSPS) is 60.1. The lowest BCUT2D eigenvalue weighted by molar-refractivity contribution is -0.622. The van der Waals surface area contributed by atoms with E-state index in [0.29, 0.717) is 13.0 Å². The van der Waals surface area contributed by atoms with Crippen molar-refractivity contribution in [3.05, 3.63) is 0 Å². The van der Waals surface area contributed by atoms with Crippen LogP contribution in [0.2, 0.25) is 0 Å². The van der Waals surface area contributed by atoms with Gasteiger partial charge < -0.3 is 34.3 Å². The Bertz CT molecular complexity index is 868. The van der Waals surface area contributed by atoms with Crippen molar-refractivity contribution in [2.45, 2.75) is 74.3 Å². The minimum absolute atomic E-state index is 0.0113. The highest BCUT2D eigenvalue weighted by atomic mass is 16.5. The highest BCUT2D eigenvalue weighted by molar-refractivity contribution is 5.66. The van der Waals surface area contributed by atoms with Crippen molar-refractivity contribution in [2.24, 2.45) is 34.5 Å². The van der Waals surface area contributed by atoms with Gasteiger partial charge in [-0.2, -0.15) is 0 Å². The summed E-state index contributed by atoms with van der Waals surface area (Å²) in [7, 11) is 6.82. The number of aliphatic hydroxyl groups excluding tert-OH is 1. The molecule has 13 atom stereocenters. The topological polar surface area (TPSA) is 101 Å². The van der Waals surface area contributed by atoms with Crippen LogP contribution in [0, 0.1) is 34.5 Å². The minimum Gasteiger partial charge on any atom is -0.395 e. The summed E-state index contributed by atoms with van der Waals surface area (Å²) in [5.74, 6) is -0.191. The fraction of sp³-hybridized carbons (Fsp3) is 0.960. The molecule has 1 heterocycles. The summed E-state index contributed by atoms with van der Waals surface area (Å²) in [4.78, 5) is 0. The summed E-state index contributed by atoms with van der Waals surface area (Å²) in [5.41, 5.74) is -3.99. The van der Waals surface area contributed by atoms with Gasteiger partial charge in [0.25, 0.3) is 0 Å². The Morgan fingerprint density at radius 1 is 1.06 bits per heavy atom. The monoisotopic (exact) mass is 466 g/mol. The Labute approximate surface area is 195 Å². The highest BCUT2D eigenvalue weighted by Gasteiger charge is 2.94. The third-order valence-electron chi connectivity index (χ3n) is 11.4. The molecule has 0 aromatic carbocycles. The number of hydrogen-bond acceptors (Lipinski definition) is 7. The van der Waals surface area contributed by atoms with Gasteiger partial charge in [-0.05, 0) is 32.1 Å². The summed E-state index contributed by atoms with van der Waals surface area (Å²) in [6.07, 6.45) is 3.79. The van der Waals surface area contributed by atoms with Gasteiger partial charge >= 0.3 is 0 Å². The first-order valence-electron chi connectivity index (χ1n) is 12.6. The van der Waals surface area contributed by atoms with E-state index in [9.17, 15) is 15.3 Å². The number of aliphatic hydroxyl groups is 3. The van der Waals surface area contributed by atoms with E-state index in [1.165, 1.54) is 0 Å². The maximum absolute atomic E-state index is 13.0. The second kappa shape index (κ2) is 6.99. The van der Waals surface area contributed by atoms with Gasteiger partial charge in [-0.1, -0.05) is 0 Å². The Hall–Kier alpha value is -0.610. The zero-order valence-corrected chi connectivity index (χ0v) is 20.4. The van der Waals surface area contributed by atoms with Crippen LogP contribution in [-0.2, 0) is 18.9 Å². The number of hydrogen-bond donors (Lipinski definition) is 3. The Balaban J connectivity index is 1.70. The number of nitrogens with zero attached hydrogens (tertiary/aromatic N) is 1. The molecule has 5 saturated carbocycles. The molecule has 0 amide bonds. The first-order valence-corrected chi connectivity index (χ1v) is 12.6. The number of methoxy groups -OCH3 is 4. The zero-order valence-electron chi connectivity index (χ0n) is 20.4. The molecule has 7 bridgehead atoms. The first-order chi connectivity index (χ1) is 15.8. The summed E-state index contributed by atoms with van der Waals surface area (Å²) in [6.45, 7) is 2.75. The van der Waals surface area contributed by atoms with Crippen LogP contribution in [0.5, 0.6) is 0 Å². The lowest BCUT2D eigenvalue weighted by Gasteiger charge is -2.64. The molecule has 33 heavy (non-hydrogen) atoms. The van der Waals surface area contributed by atoms with Gasteiger partial charge in [0.1, 0.15) is 24.5 Å². The number of likely N-dealkylation sites (N-methyl/N-ethyl adjacent to an activating group) is 1. The van der Waals surface area contributed by atoms with Gasteiger partial charge in [0.05, 0.1) is 35.7 Å². The van der Waals surface area contributed by atoms with Crippen LogP contribution in [0.25, 0.3) is 0 Å². The van der Waals surface area contributed by atoms with E-state index in [4.69, 9.17) is 18.9 Å². The number of fused-ring (bicyclic) bond motifs is 2. The summed E-state index contributed by atoms with van der Waals surface area (Å²) in [6, 6.07) is -0.368. The molecule has 5 fully saturated rings. The quantitative estimate of drug-likeness (QED) is 0.476. The van der Waals surface area contributed by atoms with Crippen molar-refractivity contribution in [1.29, 1.82) is 0 Å². The lowest BCUT2D eigenvalue weighted by atomic mass is 9.43. The van der Waals surface area contributed by atoms with Gasteiger partial charge in [-0.25, -0.2) is 4.58 Å². The van der Waals surface area contributed by atoms with Crippen molar-refractivity contribution >= 4 is 6.21 Å². The van der Waals surface area contributed by atoms with Gasteiger partial charge in [0, 0.05) is 52.6 Å². The predicted octanol–water partition coefficient (Wildman–Crippen LogP) is 0.0523. The summed E-state index contributed by atoms with van der Waals surface area (Å²) < 4.78 is 26.7. The van der Waals surface area contributed by atoms with Crippen LogP contribution in [0.1, 0.15) is 32.6 Å². The summed E-state index contributed by atoms with van der Waals surface area (Å²) >= 11 is 0. The van der Waals surface area contributed by atoms with Crippen molar-refractivity contribution in [1.82, 2.24) is 0 Å². The molecule has 6 aliphatic rings.